The van der Waals surface area contributed by atoms with Gasteiger partial charge in [0.2, 0.25) is 0 Å². The maximum Gasteiger partial charge on any atom is 0.251 e. The summed E-state index contributed by atoms with van der Waals surface area (Å²) >= 11 is 0. The van der Waals surface area contributed by atoms with Gasteiger partial charge < -0.3 is 0 Å². The lowest BCUT2D eigenvalue weighted by Gasteiger charge is -2.33. The van der Waals surface area contributed by atoms with Crippen molar-refractivity contribution < 1.29 is 18.8 Å². The van der Waals surface area contributed by atoms with Gasteiger partial charge in [0.15, 0.2) is 0 Å². The Morgan fingerprint density at radius 2 is 1.85 bits per heavy atom. The van der Waals surface area contributed by atoms with Crippen LogP contribution < -0.4 is 0 Å². The molecule has 3 nitrogen and oxygen atoms in total. The molecule has 0 aliphatic heterocycles. The molecular weight excluding hydrogens is 262 g/mol. The summed E-state index contributed by atoms with van der Waals surface area (Å²) < 4.78 is 26.1. The number of halogens is 2. The van der Waals surface area contributed by atoms with Crippen molar-refractivity contribution in [2.24, 2.45) is 5.41 Å². The quantitative estimate of drug-likeness (QED) is 0.500. The second kappa shape index (κ2) is 6.39. The molecule has 0 heterocycles. The number of hydrogen-bond acceptors (Lipinski definition) is 2. The summed E-state index contributed by atoms with van der Waals surface area (Å²) in [4.78, 5) is 12.2. The molecule has 1 aromatic rings. The Labute approximate surface area is 119 Å². The van der Waals surface area contributed by atoms with Crippen molar-refractivity contribution in [2.45, 2.75) is 32.5 Å². The molecule has 1 unspecified atom stereocenters. The van der Waals surface area contributed by atoms with Crippen molar-refractivity contribution >= 4 is 21.6 Å². The molecule has 0 aliphatic rings. The third-order valence-corrected chi connectivity index (χ3v) is 3.88. The minimum absolute atomic E-state index is 0.0777. The summed E-state index contributed by atoms with van der Waals surface area (Å²) in [5.74, 6) is -1.85. The summed E-state index contributed by atoms with van der Waals surface area (Å²) in [5, 5.41) is 10.4. The van der Waals surface area contributed by atoms with Gasteiger partial charge >= 0.3 is 0 Å². The normalized spacial score (nSPS) is 13.1. The molecule has 1 aromatic carbocycles. The van der Waals surface area contributed by atoms with Gasteiger partial charge in [0.05, 0.1) is 6.54 Å². The fraction of sp³-hybridized carbons (Fsp3) is 0.462. The van der Waals surface area contributed by atoms with Crippen LogP contribution in [0, 0.1) is 17.0 Å². The van der Waals surface area contributed by atoms with Gasteiger partial charge in [0.1, 0.15) is 27.3 Å². The van der Waals surface area contributed by atoms with E-state index in [4.69, 9.17) is 0 Å². The van der Waals surface area contributed by atoms with Crippen molar-refractivity contribution in [3.8, 4) is 0 Å². The van der Waals surface area contributed by atoms with Crippen molar-refractivity contribution in [2.75, 3.05) is 0 Å². The van der Waals surface area contributed by atoms with Gasteiger partial charge in [-0.15, -0.1) is 0 Å². The van der Waals surface area contributed by atoms with E-state index in [2.05, 4.69) is 0 Å². The molecule has 1 amide bonds. The van der Waals surface area contributed by atoms with E-state index in [1.54, 1.807) is 13.8 Å². The number of benzene rings is 1. The number of carbonyl (C=O) groups is 1. The lowest BCUT2D eigenvalue weighted by atomic mass is 9.61. The van der Waals surface area contributed by atoms with E-state index in [0.29, 0.717) is 5.06 Å². The molecule has 7 heteroatoms. The molecule has 0 aromatic heterocycles. The monoisotopic (exact) mass is 281 g/mol. The molecule has 0 fully saturated rings. The van der Waals surface area contributed by atoms with Crippen molar-refractivity contribution in [3.05, 3.63) is 35.4 Å². The number of carbonyl (C=O) groups excluding carboxylic acids is 1. The molecule has 0 saturated heterocycles. The lowest BCUT2D eigenvalue weighted by Crippen LogP contribution is -2.41. The van der Waals surface area contributed by atoms with Crippen molar-refractivity contribution in [1.82, 2.24) is 5.06 Å². The Hall–Kier alpha value is -1.36. The molecule has 0 bridgehead atoms. The Bertz CT molecular complexity index is 477. The van der Waals surface area contributed by atoms with Crippen LogP contribution in [0.5, 0.6) is 0 Å². The molecule has 0 radical (unpaired) electrons. The fourth-order valence-corrected chi connectivity index (χ4v) is 2.00. The Morgan fingerprint density at radius 3 is 2.30 bits per heavy atom. The highest BCUT2D eigenvalue weighted by Crippen LogP contribution is 2.33. The predicted octanol–water partition coefficient (Wildman–Crippen LogP) is 1.18. The van der Waals surface area contributed by atoms with Gasteiger partial charge in [-0.3, -0.25) is 10.0 Å². The second-order valence-electron chi connectivity index (χ2n) is 5.67. The maximum absolute atomic E-state index is 13.1. The first-order chi connectivity index (χ1) is 9.18. The molecule has 0 aliphatic carbocycles. The van der Waals surface area contributed by atoms with Gasteiger partial charge in [-0.2, -0.15) is 0 Å². The SMILES string of the molecule is BCC(B)C(C)(C)C(=O)N(O)Cc1cc(F)cc(F)c1. The van der Waals surface area contributed by atoms with E-state index >= 15 is 0 Å². The molecule has 1 atom stereocenters. The van der Waals surface area contributed by atoms with E-state index in [0.717, 1.165) is 24.5 Å². The third-order valence-electron chi connectivity index (χ3n) is 3.88. The zero-order valence-corrected chi connectivity index (χ0v) is 12.3. The Balaban J connectivity index is 2.85. The first kappa shape index (κ1) is 16.7. The van der Waals surface area contributed by atoms with E-state index in [1.165, 1.54) is 0 Å². The van der Waals surface area contributed by atoms with Gasteiger partial charge in [-0.25, -0.2) is 13.8 Å². The zero-order chi connectivity index (χ0) is 15.5. The average molecular weight is 281 g/mol. The summed E-state index contributed by atoms with van der Waals surface area (Å²) in [6.07, 6.45) is 0.793. The van der Waals surface area contributed by atoms with Crippen molar-refractivity contribution in [1.29, 1.82) is 0 Å². The first-order valence-electron chi connectivity index (χ1n) is 6.64. The third kappa shape index (κ3) is 3.82. The van der Waals surface area contributed by atoms with Gasteiger partial charge in [0, 0.05) is 11.5 Å². The molecule has 1 rings (SSSR count). The van der Waals surface area contributed by atoms with Crippen LogP contribution in [0.1, 0.15) is 19.4 Å². The zero-order valence-electron chi connectivity index (χ0n) is 12.3. The number of nitrogens with zero attached hydrogens (tertiary/aromatic N) is 1. The number of hydrogen-bond donors (Lipinski definition) is 1. The summed E-state index contributed by atoms with van der Waals surface area (Å²) in [5.41, 5.74) is -0.534. The number of hydroxylamine groups is 2. The van der Waals surface area contributed by atoms with E-state index in [-0.39, 0.29) is 17.9 Å². The molecule has 0 saturated carbocycles. The van der Waals surface area contributed by atoms with E-state index in [9.17, 15) is 18.8 Å². The maximum atomic E-state index is 13.1. The summed E-state index contributed by atoms with van der Waals surface area (Å²) in [6, 6.07) is 2.93. The largest absolute Gasteiger partial charge is 0.286 e. The van der Waals surface area contributed by atoms with Gasteiger partial charge in [-0.1, -0.05) is 26.0 Å². The Morgan fingerprint density at radius 1 is 1.35 bits per heavy atom. The second-order valence-corrected chi connectivity index (χ2v) is 5.67. The highest BCUT2D eigenvalue weighted by atomic mass is 19.1. The summed E-state index contributed by atoms with van der Waals surface area (Å²) in [6.45, 7) is 3.26. The van der Waals surface area contributed by atoms with E-state index < -0.39 is 23.0 Å². The topological polar surface area (TPSA) is 40.5 Å². The Kier molecular flexibility index (Phi) is 5.34. The fourth-order valence-electron chi connectivity index (χ4n) is 2.00. The lowest BCUT2D eigenvalue weighted by molar-refractivity contribution is -0.178. The van der Waals surface area contributed by atoms with Gasteiger partial charge in [0.25, 0.3) is 5.91 Å². The van der Waals surface area contributed by atoms with Crippen LogP contribution in [-0.2, 0) is 11.3 Å². The van der Waals surface area contributed by atoms with Crippen LogP contribution in [0.15, 0.2) is 18.2 Å². The minimum atomic E-state index is -0.741. The first-order valence-corrected chi connectivity index (χ1v) is 6.64. The molecule has 0 spiro atoms. The minimum Gasteiger partial charge on any atom is -0.286 e. The number of amides is 1. The van der Waals surface area contributed by atoms with Crippen LogP contribution in [0.25, 0.3) is 0 Å². The molecule has 108 valence electrons. The predicted molar refractivity (Wildman–Crippen MR) is 78.1 cm³/mol. The smallest absolute Gasteiger partial charge is 0.251 e. The molecule has 20 heavy (non-hydrogen) atoms. The van der Waals surface area contributed by atoms with E-state index in [1.807, 2.05) is 15.7 Å². The van der Waals surface area contributed by atoms with Crippen LogP contribution in [0.2, 0.25) is 12.1 Å². The van der Waals surface area contributed by atoms with Crippen LogP contribution in [-0.4, -0.2) is 31.9 Å². The molecule has 1 N–H and O–H groups in total. The molecular formula is C13H19B2F2NO2. The summed E-state index contributed by atoms with van der Waals surface area (Å²) in [7, 11) is 3.89. The van der Waals surface area contributed by atoms with Gasteiger partial charge in [-0.05, 0) is 17.7 Å². The van der Waals surface area contributed by atoms with Crippen LogP contribution >= 0.6 is 0 Å². The number of rotatable bonds is 5. The standard InChI is InChI=1S/C13H19B2F2NO2/c1-13(2,11(15)6-14)12(19)18(20)7-8-3-9(16)5-10(17)4-8/h3-5,11,20H,6-7,14-15H2,1-2H3. The van der Waals surface area contributed by atoms with Crippen LogP contribution in [0.3, 0.4) is 0 Å². The highest BCUT2D eigenvalue weighted by molar-refractivity contribution is 6.20. The highest BCUT2D eigenvalue weighted by Gasteiger charge is 2.35. The van der Waals surface area contributed by atoms with Crippen LogP contribution in [0.4, 0.5) is 8.78 Å². The van der Waals surface area contributed by atoms with Crippen molar-refractivity contribution in [3.63, 3.8) is 0 Å². The average Bonchev–Trinajstić information content (AvgIpc) is 2.35.